The third-order valence-corrected chi connectivity index (χ3v) is 3.87. The Hall–Kier alpha value is -0.610. The van der Waals surface area contributed by atoms with Gasteiger partial charge in [-0.1, -0.05) is 32.4 Å². The Bertz CT molecular complexity index is 409. The number of alkyl halides is 1. The second-order valence-electron chi connectivity index (χ2n) is 5.57. The van der Waals surface area contributed by atoms with E-state index in [-0.39, 0.29) is 13.0 Å². The molecule has 0 aliphatic carbocycles. The molecule has 0 fully saturated rings. The highest BCUT2D eigenvalue weighted by Gasteiger charge is 2.42. The van der Waals surface area contributed by atoms with Crippen molar-refractivity contribution in [3.63, 3.8) is 0 Å². The highest BCUT2D eigenvalue weighted by molar-refractivity contribution is 6.30. The van der Waals surface area contributed by atoms with Crippen molar-refractivity contribution in [2.24, 2.45) is 18.2 Å². The van der Waals surface area contributed by atoms with Crippen LogP contribution in [0.1, 0.15) is 32.0 Å². The molecule has 5 heteroatoms. The van der Waals surface area contributed by atoms with Crippen LogP contribution < -0.4 is 5.73 Å². The van der Waals surface area contributed by atoms with E-state index in [4.69, 9.17) is 17.3 Å². The second kappa shape index (κ2) is 4.58. The fraction of sp³-hybridized carbons (Fsp3) is 0.750. The van der Waals surface area contributed by atoms with Gasteiger partial charge in [-0.3, -0.25) is 4.68 Å². The van der Waals surface area contributed by atoms with Gasteiger partial charge in [0.2, 0.25) is 0 Å². The van der Waals surface area contributed by atoms with Gasteiger partial charge in [-0.25, -0.2) is 4.39 Å². The van der Waals surface area contributed by atoms with E-state index in [9.17, 15) is 4.39 Å². The molecule has 2 N–H and O–H groups in total. The summed E-state index contributed by atoms with van der Waals surface area (Å²) in [5.41, 5.74) is 5.10. The van der Waals surface area contributed by atoms with Crippen molar-refractivity contribution in [3.05, 3.63) is 16.4 Å². The highest BCUT2D eigenvalue weighted by atomic mass is 35.5. The molecule has 98 valence electrons. The fourth-order valence-corrected chi connectivity index (χ4v) is 2.04. The lowest BCUT2D eigenvalue weighted by atomic mass is 9.74. The molecule has 0 aromatic carbocycles. The van der Waals surface area contributed by atoms with Gasteiger partial charge < -0.3 is 5.73 Å². The topological polar surface area (TPSA) is 43.8 Å². The van der Waals surface area contributed by atoms with E-state index in [2.05, 4.69) is 5.10 Å². The van der Waals surface area contributed by atoms with Crippen molar-refractivity contribution >= 4 is 11.6 Å². The second-order valence-corrected chi connectivity index (χ2v) is 5.93. The van der Waals surface area contributed by atoms with Gasteiger partial charge in [0.1, 0.15) is 10.8 Å². The quantitative estimate of drug-likeness (QED) is 0.909. The third kappa shape index (κ3) is 2.63. The molecule has 0 bridgehead atoms. The van der Waals surface area contributed by atoms with Crippen LogP contribution >= 0.6 is 11.6 Å². The fourth-order valence-electron chi connectivity index (χ4n) is 1.80. The predicted molar refractivity (Wildman–Crippen MR) is 69.0 cm³/mol. The third-order valence-electron chi connectivity index (χ3n) is 3.39. The van der Waals surface area contributed by atoms with Gasteiger partial charge in [0, 0.05) is 25.6 Å². The van der Waals surface area contributed by atoms with Crippen molar-refractivity contribution in [3.8, 4) is 0 Å². The van der Waals surface area contributed by atoms with E-state index in [1.807, 2.05) is 27.7 Å². The standard InChI is InChI=1S/C12H21ClFN3/c1-8-9(10(13)17(5)16-8)6-12(14,7-15)11(2,3)4/h6-7,15H2,1-5H3. The molecular formula is C12H21ClFN3. The van der Waals surface area contributed by atoms with Crippen LogP contribution in [0.25, 0.3) is 0 Å². The summed E-state index contributed by atoms with van der Waals surface area (Å²) >= 11 is 6.12. The summed E-state index contributed by atoms with van der Waals surface area (Å²) in [5, 5.41) is 4.68. The Morgan fingerprint density at radius 1 is 1.41 bits per heavy atom. The number of hydrogen-bond acceptors (Lipinski definition) is 2. The molecule has 1 rings (SSSR count). The van der Waals surface area contributed by atoms with Gasteiger partial charge >= 0.3 is 0 Å². The minimum Gasteiger partial charge on any atom is -0.327 e. The Labute approximate surface area is 107 Å². The molecule has 0 saturated carbocycles. The molecule has 1 aromatic rings. The predicted octanol–water partition coefficient (Wildman–Crippen LogP) is 2.64. The first-order chi connectivity index (χ1) is 7.62. The van der Waals surface area contributed by atoms with Crippen LogP contribution in [0.4, 0.5) is 4.39 Å². The molecule has 0 amide bonds. The van der Waals surface area contributed by atoms with Crippen molar-refractivity contribution in [1.82, 2.24) is 9.78 Å². The molecule has 1 unspecified atom stereocenters. The van der Waals surface area contributed by atoms with E-state index in [1.54, 1.807) is 11.7 Å². The maximum atomic E-state index is 14.9. The monoisotopic (exact) mass is 261 g/mol. The van der Waals surface area contributed by atoms with Gasteiger partial charge in [0.25, 0.3) is 0 Å². The van der Waals surface area contributed by atoms with E-state index in [0.29, 0.717) is 5.15 Å². The van der Waals surface area contributed by atoms with Gasteiger partial charge in [-0.2, -0.15) is 5.10 Å². The molecular weight excluding hydrogens is 241 g/mol. The molecule has 0 spiro atoms. The normalized spacial score (nSPS) is 16.0. The molecule has 0 aliphatic rings. The maximum Gasteiger partial charge on any atom is 0.132 e. The lowest BCUT2D eigenvalue weighted by Crippen LogP contribution is -2.47. The van der Waals surface area contributed by atoms with Crippen LogP contribution in [-0.2, 0) is 13.5 Å². The first-order valence-corrected chi connectivity index (χ1v) is 6.07. The van der Waals surface area contributed by atoms with Gasteiger partial charge in [-0.15, -0.1) is 0 Å². The van der Waals surface area contributed by atoms with Gasteiger partial charge in [0.05, 0.1) is 5.69 Å². The summed E-state index contributed by atoms with van der Waals surface area (Å²) in [4.78, 5) is 0. The molecule has 0 aliphatic heterocycles. The van der Waals surface area contributed by atoms with Crippen molar-refractivity contribution < 1.29 is 4.39 Å². The minimum absolute atomic E-state index is 0.0266. The smallest absolute Gasteiger partial charge is 0.132 e. The number of aromatic nitrogens is 2. The number of nitrogens with zero attached hydrogens (tertiary/aromatic N) is 2. The van der Waals surface area contributed by atoms with Crippen LogP contribution in [-0.4, -0.2) is 22.0 Å². The lowest BCUT2D eigenvalue weighted by Gasteiger charge is -2.37. The largest absolute Gasteiger partial charge is 0.327 e. The zero-order valence-electron chi connectivity index (χ0n) is 11.1. The number of halogens is 2. The first kappa shape index (κ1) is 14.5. The molecule has 1 heterocycles. The molecule has 17 heavy (non-hydrogen) atoms. The number of hydrogen-bond donors (Lipinski definition) is 1. The highest BCUT2D eigenvalue weighted by Crippen LogP contribution is 2.38. The molecule has 3 nitrogen and oxygen atoms in total. The van der Waals surface area contributed by atoms with Crippen molar-refractivity contribution in [2.75, 3.05) is 6.54 Å². The minimum atomic E-state index is -1.48. The van der Waals surface area contributed by atoms with Crippen molar-refractivity contribution in [2.45, 2.75) is 39.8 Å². The Morgan fingerprint density at radius 3 is 2.24 bits per heavy atom. The SMILES string of the molecule is Cc1nn(C)c(Cl)c1CC(F)(CN)C(C)(C)C. The maximum absolute atomic E-state index is 14.9. The summed E-state index contributed by atoms with van der Waals surface area (Å²) in [6.07, 6.45) is 0.200. The summed E-state index contributed by atoms with van der Waals surface area (Å²) in [6, 6.07) is 0. The Morgan fingerprint density at radius 2 is 1.94 bits per heavy atom. The summed E-state index contributed by atoms with van der Waals surface area (Å²) in [6.45, 7) is 7.35. The average molecular weight is 262 g/mol. The van der Waals surface area contributed by atoms with Crippen LogP contribution in [0, 0.1) is 12.3 Å². The Kier molecular flexibility index (Phi) is 3.89. The molecule has 0 radical (unpaired) electrons. The molecule has 1 atom stereocenters. The van der Waals surface area contributed by atoms with E-state index in [1.165, 1.54) is 0 Å². The zero-order chi connectivity index (χ0) is 13.4. The van der Waals surface area contributed by atoms with Crippen LogP contribution in [0.15, 0.2) is 0 Å². The van der Waals surface area contributed by atoms with Crippen LogP contribution in [0.2, 0.25) is 5.15 Å². The number of rotatable bonds is 3. The van der Waals surface area contributed by atoms with Gasteiger partial charge in [0.15, 0.2) is 0 Å². The van der Waals surface area contributed by atoms with Gasteiger partial charge in [-0.05, 0) is 12.3 Å². The molecule has 0 saturated heterocycles. The average Bonchev–Trinajstić information content (AvgIpc) is 2.43. The summed E-state index contributed by atoms with van der Waals surface area (Å²) in [5.74, 6) is 0. The van der Waals surface area contributed by atoms with Crippen molar-refractivity contribution in [1.29, 1.82) is 0 Å². The van der Waals surface area contributed by atoms with E-state index >= 15 is 0 Å². The van der Waals surface area contributed by atoms with E-state index < -0.39 is 11.1 Å². The summed E-state index contributed by atoms with van der Waals surface area (Å²) in [7, 11) is 1.75. The summed E-state index contributed by atoms with van der Waals surface area (Å²) < 4.78 is 16.4. The number of nitrogens with two attached hydrogens (primary N) is 1. The molecule has 1 aromatic heterocycles. The van der Waals surface area contributed by atoms with Crippen LogP contribution in [0.5, 0.6) is 0 Å². The Balaban J connectivity index is 3.12. The lowest BCUT2D eigenvalue weighted by molar-refractivity contribution is 0.0381. The van der Waals surface area contributed by atoms with Crippen LogP contribution in [0.3, 0.4) is 0 Å². The number of aryl methyl sites for hydroxylation is 2. The zero-order valence-corrected chi connectivity index (χ0v) is 11.9. The van der Waals surface area contributed by atoms with E-state index in [0.717, 1.165) is 11.3 Å². The first-order valence-electron chi connectivity index (χ1n) is 5.69.